The molecule has 94 valence electrons. The second-order valence-electron chi connectivity index (χ2n) is 4.33. The number of halogens is 1. The lowest BCUT2D eigenvalue weighted by Gasteiger charge is -2.23. The highest BCUT2D eigenvalue weighted by Crippen LogP contribution is 2.13. The topological polar surface area (TPSA) is 58.6 Å². The molecule has 0 radical (unpaired) electrons. The zero-order valence-corrected chi connectivity index (χ0v) is 12.0. The molecule has 0 spiro atoms. The summed E-state index contributed by atoms with van der Waals surface area (Å²) in [5, 5.41) is 11.7. The number of nitrogens with one attached hydrogen (secondary N) is 1. The maximum Gasteiger partial charge on any atom is 0.258 e. The molecule has 2 N–H and O–H groups in total. The van der Waals surface area contributed by atoms with Crippen molar-refractivity contribution in [1.29, 1.82) is 0 Å². The second-order valence-corrected chi connectivity index (χ2v) is 5.58. The SMILES string of the molecule is CC(C)(CO)NC(=O)COc1ccc(I)cc1. The number of hydrogen-bond donors (Lipinski definition) is 2. The van der Waals surface area contributed by atoms with E-state index >= 15 is 0 Å². The lowest BCUT2D eigenvalue weighted by Crippen LogP contribution is -2.48. The summed E-state index contributed by atoms with van der Waals surface area (Å²) in [7, 11) is 0. The van der Waals surface area contributed by atoms with Gasteiger partial charge in [-0.1, -0.05) is 0 Å². The van der Waals surface area contributed by atoms with E-state index in [9.17, 15) is 4.79 Å². The smallest absolute Gasteiger partial charge is 0.258 e. The zero-order valence-electron chi connectivity index (χ0n) is 9.87. The summed E-state index contributed by atoms with van der Waals surface area (Å²) in [6, 6.07) is 7.44. The Hall–Kier alpha value is -0.820. The number of aliphatic hydroxyl groups excluding tert-OH is 1. The maximum absolute atomic E-state index is 11.5. The van der Waals surface area contributed by atoms with E-state index in [0.29, 0.717) is 5.75 Å². The fourth-order valence-corrected chi connectivity index (χ4v) is 1.49. The van der Waals surface area contributed by atoms with Crippen LogP contribution in [-0.2, 0) is 4.79 Å². The molecule has 0 atom stereocenters. The lowest BCUT2D eigenvalue weighted by molar-refractivity contribution is -0.125. The van der Waals surface area contributed by atoms with Crippen LogP contribution in [0.5, 0.6) is 5.75 Å². The standard InChI is InChI=1S/C12H16INO3/c1-12(2,8-15)14-11(16)7-17-10-5-3-9(13)4-6-10/h3-6,15H,7-8H2,1-2H3,(H,14,16). The van der Waals surface area contributed by atoms with Gasteiger partial charge in [0.15, 0.2) is 6.61 Å². The van der Waals surface area contributed by atoms with Crippen LogP contribution < -0.4 is 10.1 Å². The van der Waals surface area contributed by atoms with Gasteiger partial charge in [0, 0.05) is 3.57 Å². The fraction of sp³-hybridized carbons (Fsp3) is 0.417. The molecule has 0 aliphatic carbocycles. The van der Waals surface area contributed by atoms with Gasteiger partial charge < -0.3 is 15.2 Å². The van der Waals surface area contributed by atoms with Gasteiger partial charge >= 0.3 is 0 Å². The first-order chi connectivity index (χ1) is 7.93. The van der Waals surface area contributed by atoms with Crippen molar-refractivity contribution in [2.45, 2.75) is 19.4 Å². The highest BCUT2D eigenvalue weighted by atomic mass is 127. The highest BCUT2D eigenvalue weighted by Gasteiger charge is 2.18. The molecule has 4 nitrogen and oxygen atoms in total. The van der Waals surface area contributed by atoms with E-state index in [0.717, 1.165) is 3.57 Å². The minimum absolute atomic E-state index is 0.0516. The van der Waals surface area contributed by atoms with Gasteiger partial charge in [-0.05, 0) is 60.7 Å². The van der Waals surface area contributed by atoms with E-state index in [1.807, 2.05) is 24.3 Å². The molecule has 5 heteroatoms. The van der Waals surface area contributed by atoms with Crippen LogP contribution in [0, 0.1) is 3.57 Å². The molecule has 0 aliphatic rings. The number of rotatable bonds is 5. The van der Waals surface area contributed by atoms with Crippen LogP contribution in [0.3, 0.4) is 0 Å². The van der Waals surface area contributed by atoms with Gasteiger partial charge in [-0.15, -0.1) is 0 Å². The van der Waals surface area contributed by atoms with Crippen LogP contribution in [0.25, 0.3) is 0 Å². The molecule has 0 aliphatic heterocycles. The van der Waals surface area contributed by atoms with Crippen molar-refractivity contribution in [1.82, 2.24) is 5.32 Å². The Morgan fingerprint density at radius 3 is 2.53 bits per heavy atom. The van der Waals surface area contributed by atoms with Gasteiger partial charge in [0.25, 0.3) is 5.91 Å². The van der Waals surface area contributed by atoms with Crippen molar-refractivity contribution in [3.05, 3.63) is 27.8 Å². The molecule has 1 rings (SSSR count). The number of carbonyl (C=O) groups excluding carboxylic acids is 1. The van der Waals surface area contributed by atoms with Gasteiger partial charge in [0.1, 0.15) is 5.75 Å². The third-order valence-electron chi connectivity index (χ3n) is 2.06. The van der Waals surface area contributed by atoms with E-state index in [4.69, 9.17) is 9.84 Å². The molecule has 0 saturated carbocycles. The van der Waals surface area contributed by atoms with E-state index in [-0.39, 0.29) is 19.1 Å². The number of ether oxygens (including phenoxy) is 1. The Kier molecular flexibility index (Phi) is 5.20. The van der Waals surface area contributed by atoms with Gasteiger partial charge in [0.2, 0.25) is 0 Å². The molecular formula is C12H16INO3. The average Bonchev–Trinajstić information content (AvgIpc) is 2.28. The fourth-order valence-electron chi connectivity index (χ4n) is 1.13. The van der Waals surface area contributed by atoms with Gasteiger partial charge in [-0.2, -0.15) is 0 Å². The van der Waals surface area contributed by atoms with E-state index < -0.39 is 5.54 Å². The Labute approximate surface area is 115 Å². The molecule has 0 unspecified atom stereocenters. The third-order valence-corrected chi connectivity index (χ3v) is 2.78. The molecule has 0 fully saturated rings. The van der Waals surface area contributed by atoms with E-state index in [2.05, 4.69) is 27.9 Å². The monoisotopic (exact) mass is 349 g/mol. The number of carbonyl (C=O) groups is 1. The zero-order chi connectivity index (χ0) is 12.9. The highest BCUT2D eigenvalue weighted by molar-refractivity contribution is 14.1. The summed E-state index contributed by atoms with van der Waals surface area (Å²) >= 11 is 2.20. The number of benzene rings is 1. The quantitative estimate of drug-likeness (QED) is 0.794. The molecule has 1 aromatic carbocycles. The molecule has 17 heavy (non-hydrogen) atoms. The van der Waals surface area contributed by atoms with Crippen LogP contribution in [-0.4, -0.2) is 29.8 Å². The van der Waals surface area contributed by atoms with E-state index in [1.54, 1.807) is 13.8 Å². The van der Waals surface area contributed by atoms with Crippen molar-refractivity contribution in [2.24, 2.45) is 0 Å². The molecule has 1 aromatic rings. The summed E-state index contributed by atoms with van der Waals surface area (Å²) in [6.07, 6.45) is 0. The summed E-state index contributed by atoms with van der Waals surface area (Å²) < 4.78 is 6.43. The first-order valence-corrected chi connectivity index (χ1v) is 6.31. The number of hydrogen-bond acceptors (Lipinski definition) is 3. The minimum atomic E-state index is -0.619. The summed E-state index contributed by atoms with van der Waals surface area (Å²) in [5.41, 5.74) is -0.619. The predicted molar refractivity (Wildman–Crippen MR) is 74.0 cm³/mol. The first-order valence-electron chi connectivity index (χ1n) is 5.23. The normalized spacial score (nSPS) is 11.1. The lowest BCUT2D eigenvalue weighted by atomic mass is 10.1. The molecule has 0 aromatic heterocycles. The van der Waals surface area contributed by atoms with Crippen molar-refractivity contribution in [3.63, 3.8) is 0 Å². The van der Waals surface area contributed by atoms with Crippen LogP contribution in [0.1, 0.15) is 13.8 Å². The third kappa shape index (κ3) is 5.36. The Morgan fingerprint density at radius 2 is 2.00 bits per heavy atom. The largest absolute Gasteiger partial charge is 0.484 e. The Bertz CT molecular complexity index is 376. The molecule has 1 amide bonds. The Morgan fingerprint density at radius 1 is 1.41 bits per heavy atom. The maximum atomic E-state index is 11.5. The molecule has 0 bridgehead atoms. The average molecular weight is 349 g/mol. The summed E-state index contributed by atoms with van der Waals surface area (Å²) in [5.74, 6) is 0.407. The van der Waals surface area contributed by atoms with Gasteiger partial charge in [-0.3, -0.25) is 4.79 Å². The molecular weight excluding hydrogens is 333 g/mol. The molecule has 0 heterocycles. The molecule has 0 saturated heterocycles. The van der Waals surface area contributed by atoms with Crippen molar-refractivity contribution in [3.8, 4) is 5.75 Å². The van der Waals surface area contributed by atoms with Crippen LogP contribution in [0.2, 0.25) is 0 Å². The van der Waals surface area contributed by atoms with Gasteiger partial charge in [0.05, 0.1) is 12.1 Å². The van der Waals surface area contributed by atoms with Crippen LogP contribution in [0.4, 0.5) is 0 Å². The van der Waals surface area contributed by atoms with Crippen molar-refractivity contribution >= 4 is 28.5 Å². The Balaban J connectivity index is 2.41. The summed E-state index contributed by atoms with van der Waals surface area (Å²) in [4.78, 5) is 11.5. The minimum Gasteiger partial charge on any atom is -0.484 e. The number of amides is 1. The van der Waals surface area contributed by atoms with E-state index in [1.165, 1.54) is 0 Å². The second kappa shape index (κ2) is 6.20. The van der Waals surface area contributed by atoms with Crippen molar-refractivity contribution in [2.75, 3.05) is 13.2 Å². The van der Waals surface area contributed by atoms with Crippen LogP contribution in [0.15, 0.2) is 24.3 Å². The van der Waals surface area contributed by atoms with Crippen molar-refractivity contribution < 1.29 is 14.6 Å². The summed E-state index contributed by atoms with van der Waals surface area (Å²) in [6.45, 7) is 3.33. The number of aliphatic hydroxyl groups is 1. The van der Waals surface area contributed by atoms with Crippen LogP contribution >= 0.6 is 22.6 Å². The first kappa shape index (κ1) is 14.2. The predicted octanol–water partition coefficient (Wildman–Crippen LogP) is 1.56. The van der Waals surface area contributed by atoms with Gasteiger partial charge in [-0.25, -0.2) is 0 Å².